The van der Waals surface area contributed by atoms with Crippen LogP contribution >= 0.6 is 0 Å². The normalized spacial score (nSPS) is 13.0. The van der Waals surface area contributed by atoms with Crippen LogP contribution in [0.2, 0.25) is 0 Å². The standard InChI is InChI=1S/C14H25N3O2/c1-6-19-9-12(10(2)3)16-13-14(18)17(11(4)5)8-7-15-13/h7-8,10-12H,6,9H2,1-5H3,(H,15,16). The molecule has 1 heterocycles. The van der Waals surface area contributed by atoms with Crippen LogP contribution in [-0.4, -0.2) is 28.8 Å². The molecule has 5 nitrogen and oxygen atoms in total. The van der Waals surface area contributed by atoms with E-state index in [0.29, 0.717) is 24.9 Å². The predicted molar refractivity (Wildman–Crippen MR) is 77.6 cm³/mol. The Labute approximate surface area is 115 Å². The van der Waals surface area contributed by atoms with Crippen LogP contribution < -0.4 is 10.9 Å². The third-order valence-electron chi connectivity index (χ3n) is 3.05. The van der Waals surface area contributed by atoms with Crippen molar-refractivity contribution >= 4 is 5.82 Å². The number of nitrogens with zero attached hydrogens (tertiary/aromatic N) is 2. The average molecular weight is 267 g/mol. The molecule has 108 valence electrons. The van der Waals surface area contributed by atoms with Gasteiger partial charge < -0.3 is 14.6 Å². The molecule has 0 aliphatic rings. The van der Waals surface area contributed by atoms with Crippen molar-refractivity contribution in [2.45, 2.75) is 46.7 Å². The second-order valence-electron chi connectivity index (χ2n) is 5.24. The van der Waals surface area contributed by atoms with Crippen LogP contribution in [0.15, 0.2) is 17.2 Å². The number of ether oxygens (including phenoxy) is 1. The Balaban J connectivity index is 2.90. The molecule has 0 saturated carbocycles. The molecule has 0 bridgehead atoms. The maximum absolute atomic E-state index is 12.2. The van der Waals surface area contributed by atoms with E-state index >= 15 is 0 Å². The first kappa shape index (κ1) is 15.7. The van der Waals surface area contributed by atoms with Gasteiger partial charge in [-0.15, -0.1) is 0 Å². The van der Waals surface area contributed by atoms with Crippen molar-refractivity contribution in [2.75, 3.05) is 18.5 Å². The topological polar surface area (TPSA) is 56.1 Å². The van der Waals surface area contributed by atoms with Crippen molar-refractivity contribution in [2.24, 2.45) is 5.92 Å². The molecule has 1 aromatic rings. The van der Waals surface area contributed by atoms with Gasteiger partial charge in [-0.1, -0.05) is 13.8 Å². The van der Waals surface area contributed by atoms with Crippen molar-refractivity contribution in [3.8, 4) is 0 Å². The number of hydrogen-bond donors (Lipinski definition) is 1. The lowest BCUT2D eigenvalue weighted by atomic mass is 10.1. The van der Waals surface area contributed by atoms with Crippen LogP contribution in [0.1, 0.15) is 40.7 Å². The van der Waals surface area contributed by atoms with Crippen LogP contribution in [0.5, 0.6) is 0 Å². The fraction of sp³-hybridized carbons (Fsp3) is 0.714. The molecule has 5 heteroatoms. The summed E-state index contributed by atoms with van der Waals surface area (Å²) in [6.07, 6.45) is 3.37. The molecule has 0 saturated heterocycles. The number of hydrogen-bond acceptors (Lipinski definition) is 4. The van der Waals surface area contributed by atoms with E-state index < -0.39 is 0 Å². The van der Waals surface area contributed by atoms with Gasteiger partial charge in [-0.2, -0.15) is 0 Å². The highest BCUT2D eigenvalue weighted by Crippen LogP contribution is 2.09. The third-order valence-corrected chi connectivity index (χ3v) is 3.05. The molecule has 1 unspecified atom stereocenters. The van der Waals surface area contributed by atoms with Gasteiger partial charge in [0.05, 0.1) is 12.6 Å². The molecule has 0 fully saturated rings. The lowest BCUT2D eigenvalue weighted by Gasteiger charge is -2.22. The molecule has 0 amide bonds. The van der Waals surface area contributed by atoms with Crippen molar-refractivity contribution in [3.05, 3.63) is 22.7 Å². The van der Waals surface area contributed by atoms with E-state index in [1.165, 1.54) is 0 Å². The summed E-state index contributed by atoms with van der Waals surface area (Å²) in [5.41, 5.74) is -0.0837. The van der Waals surface area contributed by atoms with Gasteiger partial charge in [0, 0.05) is 25.0 Å². The highest BCUT2D eigenvalue weighted by Gasteiger charge is 2.16. The third kappa shape index (κ3) is 4.35. The number of rotatable bonds is 7. The quantitative estimate of drug-likeness (QED) is 0.823. The number of anilines is 1. The lowest BCUT2D eigenvalue weighted by molar-refractivity contribution is 0.126. The number of aromatic nitrogens is 2. The molecule has 19 heavy (non-hydrogen) atoms. The molecule has 0 aromatic carbocycles. The van der Waals surface area contributed by atoms with Gasteiger partial charge in [0.15, 0.2) is 5.82 Å². The van der Waals surface area contributed by atoms with E-state index in [9.17, 15) is 4.79 Å². The molecule has 0 aliphatic heterocycles. The average Bonchev–Trinajstić information content (AvgIpc) is 2.35. The summed E-state index contributed by atoms with van der Waals surface area (Å²) in [6, 6.07) is 0.212. The summed E-state index contributed by atoms with van der Waals surface area (Å²) in [4.78, 5) is 16.4. The van der Waals surface area contributed by atoms with Crippen LogP contribution in [-0.2, 0) is 4.74 Å². The zero-order valence-corrected chi connectivity index (χ0v) is 12.5. The molecule has 1 N–H and O–H groups in total. The first-order chi connectivity index (χ1) is 8.97. The smallest absolute Gasteiger partial charge is 0.293 e. The Bertz CT molecular complexity index is 441. The lowest BCUT2D eigenvalue weighted by Crippen LogP contribution is -2.35. The monoisotopic (exact) mass is 267 g/mol. The fourth-order valence-electron chi connectivity index (χ4n) is 1.75. The minimum absolute atomic E-state index is 0.0837. The Kier molecular flexibility index (Phi) is 6.02. The first-order valence-electron chi connectivity index (χ1n) is 6.88. The fourth-order valence-corrected chi connectivity index (χ4v) is 1.75. The Hall–Kier alpha value is -1.36. The molecule has 1 aromatic heterocycles. The molecule has 1 atom stereocenters. The van der Waals surface area contributed by atoms with Crippen molar-refractivity contribution in [1.82, 2.24) is 9.55 Å². The summed E-state index contributed by atoms with van der Waals surface area (Å²) in [6.45, 7) is 11.4. The van der Waals surface area contributed by atoms with Crippen LogP contribution in [0.25, 0.3) is 0 Å². The SMILES string of the molecule is CCOCC(Nc1nccn(C(C)C)c1=O)C(C)C. The highest BCUT2D eigenvalue weighted by atomic mass is 16.5. The van der Waals surface area contributed by atoms with Crippen LogP contribution in [0.4, 0.5) is 5.82 Å². The Morgan fingerprint density at radius 1 is 1.37 bits per heavy atom. The Morgan fingerprint density at radius 3 is 2.58 bits per heavy atom. The van der Waals surface area contributed by atoms with Gasteiger partial charge in [0.1, 0.15) is 0 Å². The largest absolute Gasteiger partial charge is 0.380 e. The summed E-state index contributed by atoms with van der Waals surface area (Å²) in [5, 5.41) is 3.21. The van der Waals surface area contributed by atoms with Gasteiger partial charge in [0.2, 0.25) is 0 Å². The predicted octanol–water partition coefficient (Wildman–Crippen LogP) is 2.30. The van der Waals surface area contributed by atoms with Crippen molar-refractivity contribution < 1.29 is 4.74 Å². The van der Waals surface area contributed by atoms with E-state index in [4.69, 9.17) is 4.74 Å². The van der Waals surface area contributed by atoms with E-state index in [1.54, 1.807) is 17.0 Å². The Morgan fingerprint density at radius 2 is 2.05 bits per heavy atom. The van der Waals surface area contributed by atoms with E-state index in [-0.39, 0.29) is 17.6 Å². The first-order valence-corrected chi connectivity index (χ1v) is 6.88. The van der Waals surface area contributed by atoms with Gasteiger partial charge in [-0.3, -0.25) is 4.79 Å². The highest BCUT2D eigenvalue weighted by molar-refractivity contribution is 5.32. The summed E-state index contributed by atoms with van der Waals surface area (Å²) in [5.74, 6) is 0.759. The maximum Gasteiger partial charge on any atom is 0.293 e. The minimum Gasteiger partial charge on any atom is -0.380 e. The van der Waals surface area contributed by atoms with Gasteiger partial charge in [0.25, 0.3) is 5.56 Å². The van der Waals surface area contributed by atoms with Gasteiger partial charge in [-0.25, -0.2) is 4.98 Å². The molecular weight excluding hydrogens is 242 g/mol. The summed E-state index contributed by atoms with van der Waals surface area (Å²) in [7, 11) is 0. The maximum atomic E-state index is 12.2. The van der Waals surface area contributed by atoms with E-state index in [1.807, 2.05) is 20.8 Å². The van der Waals surface area contributed by atoms with Crippen LogP contribution in [0, 0.1) is 5.92 Å². The van der Waals surface area contributed by atoms with Crippen molar-refractivity contribution in [1.29, 1.82) is 0 Å². The van der Waals surface area contributed by atoms with E-state index in [0.717, 1.165) is 0 Å². The van der Waals surface area contributed by atoms with Crippen LogP contribution in [0.3, 0.4) is 0 Å². The molecule has 0 spiro atoms. The van der Waals surface area contributed by atoms with Gasteiger partial charge >= 0.3 is 0 Å². The molecule has 0 aliphatic carbocycles. The second kappa shape index (κ2) is 7.28. The van der Waals surface area contributed by atoms with E-state index in [2.05, 4.69) is 24.1 Å². The van der Waals surface area contributed by atoms with Gasteiger partial charge in [-0.05, 0) is 26.7 Å². The summed E-state index contributed by atoms with van der Waals surface area (Å²) >= 11 is 0. The van der Waals surface area contributed by atoms with Crippen molar-refractivity contribution in [3.63, 3.8) is 0 Å². The molecule has 0 radical (unpaired) electrons. The zero-order valence-electron chi connectivity index (χ0n) is 12.5. The summed E-state index contributed by atoms with van der Waals surface area (Å²) < 4.78 is 7.12. The second-order valence-corrected chi connectivity index (χ2v) is 5.24. The molecule has 1 rings (SSSR count). The minimum atomic E-state index is -0.0837. The zero-order chi connectivity index (χ0) is 14.4. The molecular formula is C14H25N3O2. The number of nitrogens with one attached hydrogen (secondary N) is 1.